The van der Waals surface area contributed by atoms with Crippen molar-refractivity contribution in [1.82, 2.24) is 20.0 Å². The zero-order valence-corrected chi connectivity index (χ0v) is 13.6. The van der Waals surface area contributed by atoms with Crippen LogP contribution in [0.4, 0.5) is 0 Å². The number of benzene rings is 1. The molecule has 1 amide bonds. The Morgan fingerprint density at radius 3 is 2.91 bits per heavy atom. The van der Waals surface area contributed by atoms with E-state index in [9.17, 15) is 4.79 Å². The number of piperidine rings is 1. The van der Waals surface area contributed by atoms with Gasteiger partial charge in [-0.25, -0.2) is 0 Å². The van der Waals surface area contributed by atoms with E-state index in [1.807, 2.05) is 36.2 Å². The molecule has 2 aromatic rings. The molecule has 0 spiro atoms. The van der Waals surface area contributed by atoms with Crippen molar-refractivity contribution in [2.24, 2.45) is 0 Å². The summed E-state index contributed by atoms with van der Waals surface area (Å²) in [5.74, 6) is 0.599. The largest absolute Gasteiger partial charge is 0.341 e. The summed E-state index contributed by atoms with van der Waals surface area (Å²) >= 11 is 0. The van der Waals surface area contributed by atoms with Crippen LogP contribution in [0.25, 0.3) is 0 Å². The van der Waals surface area contributed by atoms with Gasteiger partial charge in [0.05, 0.1) is 6.54 Å². The topological polar surface area (TPSA) is 52.2 Å². The molecule has 1 atom stereocenters. The van der Waals surface area contributed by atoms with Crippen LogP contribution < -0.4 is 0 Å². The van der Waals surface area contributed by atoms with Crippen molar-refractivity contribution in [2.75, 3.05) is 26.7 Å². The standard InChI is InChI=1S/C18H24N4O/c1-21(12-15-6-3-2-4-7-15)14-18(23)22-11-5-8-16(13-22)17-9-10-19-20-17/h2-4,6-7,9-10,16H,5,8,11-14H2,1H3,(H,19,20)/t16-/m1/s1. The first kappa shape index (κ1) is 15.7. The van der Waals surface area contributed by atoms with Gasteiger partial charge in [-0.2, -0.15) is 5.10 Å². The summed E-state index contributed by atoms with van der Waals surface area (Å²) in [6, 6.07) is 12.3. The summed E-state index contributed by atoms with van der Waals surface area (Å²) in [6.45, 7) is 2.91. The van der Waals surface area contributed by atoms with Crippen LogP contribution in [0.1, 0.15) is 30.0 Å². The van der Waals surface area contributed by atoms with Crippen molar-refractivity contribution in [2.45, 2.75) is 25.3 Å². The Morgan fingerprint density at radius 1 is 1.35 bits per heavy atom. The first-order valence-corrected chi connectivity index (χ1v) is 8.22. The van der Waals surface area contributed by atoms with Crippen LogP contribution in [0.5, 0.6) is 0 Å². The summed E-state index contributed by atoms with van der Waals surface area (Å²) in [4.78, 5) is 16.6. The number of nitrogens with one attached hydrogen (secondary N) is 1. The average Bonchev–Trinajstić information content (AvgIpc) is 3.10. The molecule has 2 heterocycles. The molecule has 1 aliphatic rings. The molecule has 0 unspecified atom stereocenters. The normalized spacial score (nSPS) is 18.3. The molecule has 5 heteroatoms. The Hall–Kier alpha value is -2.14. The molecule has 1 aromatic carbocycles. The average molecular weight is 312 g/mol. The van der Waals surface area contributed by atoms with Crippen LogP contribution in [-0.4, -0.2) is 52.6 Å². The van der Waals surface area contributed by atoms with Gasteiger partial charge in [-0.15, -0.1) is 0 Å². The summed E-state index contributed by atoms with van der Waals surface area (Å²) in [6.07, 6.45) is 3.95. The Labute approximate surface area is 137 Å². The van der Waals surface area contributed by atoms with Crippen molar-refractivity contribution in [1.29, 1.82) is 0 Å². The second-order valence-corrected chi connectivity index (χ2v) is 6.35. The Morgan fingerprint density at radius 2 is 2.17 bits per heavy atom. The number of aromatic amines is 1. The Balaban J connectivity index is 1.53. The number of nitrogens with zero attached hydrogens (tertiary/aromatic N) is 3. The van der Waals surface area contributed by atoms with Crippen LogP contribution in [-0.2, 0) is 11.3 Å². The predicted octanol–water partition coefficient (Wildman–Crippen LogP) is 2.25. The number of H-pyrrole nitrogens is 1. The van der Waals surface area contributed by atoms with E-state index in [1.54, 1.807) is 6.20 Å². The number of amides is 1. The molecule has 0 radical (unpaired) electrons. The van der Waals surface area contributed by atoms with Gasteiger partial charge in [-0.05, 0) is 31.5 Å². The van der Waals surface area contributed by atoms with Gasteiger partial charge in [0.25, 0.3) is 0 Å². The highest BCUT2D eigenvalue weighted by molar-refractivity contribution is 5.78. The minimum absolute atomic E-state index is 0.215. The third-order valence-corrected chi connectivity index (χ3v) is 4.44. The fourth-order valence-electron chi connectivity index (χ4n) is 3.23. The molecule has 1 N–H and O–H groups in total. The summed E-state index contributed by atoms with van der Waals surface area (Å²) < 4.78 is 0. The lowest BCUT2D eigenvalue weighted by Crippen LogP contribution is -2.43. The molecular formula is C18H24N4O. The first-order valence-electron chi connectivity index (χ1n) is 8.22. The second kappa shape index (κ2) is 7.42. The lowest BCUT2D eigenvalue weighted by atomic mass is 9.95. The summed E-state index contributed by atoms with van der Waals surface area (Å²) in [7, 11) is 2.00. The Bertz CT molecular complexity index is 611. The molecule has 0 saturated carbocycles. The number of carbonyl (C=O) groups is 1. The molecule has 1 aliphatic heterocycles. The molecule has 122 valence electrons. The van der Waals surface area contributed by atoms with Gasteiger partial charge in [-0.1, -0.05) is 30.3 Å². The van der Waals surface area contributed by atoms with E-state index in [4.69, 9.17) is 0 Å². The van der Waals surface area contributed by atoms with Crippen molar-refractivity contribution < 1.29 is 4.79 Å². The lowest BCUT2D eigenvalue weighted by Gasteiger charge is -2.33. The van der Waals surface area contributed by atoms with Gasteiger partial charge in [0.2, 0.25) is 5.91 Å². The molecular weight excluding hydrogens is 288 g/mol. The molecule has 5 nitrogen and oxygen atoms in total. The van der Waals surface area contributed by atoms with E-state index in [-0.39, 0.29) is 5.91 Å². The number of likely N-dealkylation sites (tertiary alicyclic amines) is 1. The summed E-state index contributed by atoms with van der Waals surface area (Å²) in [5, 5.41) is 7.07. The third kappa shape index (κ3) is 4.20. The molecule has 23 heavy (non-hydrogen) atoms. The zero-order chi connectivity index (χ0) is 16.1. The molecule has 0 bridgehead atoms. The SMILES string of the molecule is CN(CC(=O)N1CCC[C@@H](c2ccn[nH]2)C1)Cc1ccccc1. The molecule has 1 saturated heterocycles. The number of hydrogen-bond donors (Lipinski definition) is 1. The highest BCUT2D eigenvalue weighted by Crippen LogP contribution is 2.25. The number of rotatable bonds is 5. The van der Waals surface area contributed by atoms with Crippen LogP contribution in [0, 0.1) is 0 Å². The van der Waals surface area contributed by atoms with Crippen LogP contribution in [0.3, 0.4) is 0 Å². The molecule has 1 aromatic heterocycles. The second-order valence-electron chi connectivity index (χ2n) is 6.35. The van der Waals surface area contributed by atoms with Gasteiger partial charge in [0.1, 0.15) is 0 Å². The number of likely N-dealkylation sites (N-methyl/N-ethyl adjacent to an activating group) is 1. The number of carbonyl (C=O) groups excluding carboxylic acids is 1. The maximum Gasteiger partial charge on any atom is 0.236 e. The van der Waals surface area contributed by atoms with Gasteiger partial charge in [0, 0.05) is 37.4 Å². The Kier molecular flexibility index (Phi) is 5.08. The molecule has 0 aliphatic carbocycles. The smallest absolute Gasteiger partial charge is 0.236 e. The van der Waals surface area contributed by atoms with E-state index in [0.29, 0.717) is 12.5 Å². The van der Waals surface area contributed by atoms with E-state index in [0.717, 1.165) is 38.2 Å². The minimum Gasteiger partial charge on any atom is -0.341 e. The maximum atomic E-state index is 12.6. The zero-order valence-electron chi connectivity index (χ0n) is 13.6. The number of aromatic nitrogens is 2. The van der Waals surface area contributed by atoms with Crippen molar-refractivity contribution in [3.05, 3.63) is 53.9 Å². The van der Waals surface area contributed by atoms with Gasteiger partial charge in [-0.3, -0.25) is 14.8 Å². The van der Waals surface area contributed by atoms with Crippen LogP contribution in [0.2, 0.25) is 0 Å². The van der Waals surface area contributed by atoms with E-state index < -0.39 is 0 Å². The predicted molar refractivity (Wildman–Crippen MR) is 89.9 cm³/mol. The van der Waals surface area contributed by atoms with Gasteiger partial charge in [0.15, 0.2) is 0 Å². The van der Waals surface area contributed by atoms with E-state index in [1.165, 1.54) is 5.56 Å². The fourth-order valence-corrected chi connectivity index (χ4v) is 3.23. The third-order valence-electron chi connectivity index (χ3n) is 4.44. The minimum atomic E-state index is 0.215. The van der Waals surface area contributed by atoms with Gasteiger partial charge < -0.3 is 4.90 Å². The van der Waals surface area contributed by atoms with Crippen LogP contribution >= 0.6 is 0 Å². The van der Waals surface area contributed by atoms with E-state index in [2.05, 4.69) is 27.2 Å². The highest BCUT2D eigenvalue weighted by Gasteiger charge is 2.25. The first-order chi connectivity index (χ1) is 11.2. The van der Waals surface area contributed by atoms with Crippen molar-refractivity contribution >= 4 is 5.91 Å². The summed E-state index contributed by atoms with van der Waals surface area (Å²) in [5.41, 5.74) is 2.37. The molecule has 3 rings (SSSR count). The fraction of sp³-hybridized carbons (Fsp3) is 0.444. The van der Waals surface area contributed by atoms with E-state index >= 15 is 0 Å². The number of hydrogen-bond acceptors (Lipinski definition) is 3. The highest BCUT2D eigenvalue weighted by atomic mass is 16.2. The quantitative estimate of drug-likeness (QED) is 0.921. The van der Waals surface area contributed by atoms with Crippen molar-refractivity contribution in [3.8, 4) is 0 Å². The lowest BCUT2D eigenvalue weighted by molar-refractivity contribution is -0.133. The molecule has 1 fully saturated rings. The van der Waals surface area contributed by atoms with Crippen molar-refractivity contribution in [3.63, 3.8) is 0 Å². The monoisotopic (exact) mass is 312 g/mol. The van der Waals surface area contributed by atoms with Gasteiger partial charge >= 0.3 is 0 Å². The van der Waals surface area contributed by atoms with Crippen LogP contribution in [0.15, 0.2) is 42.6 Å². The maximum absolute atomic E-state index is 12.6.